The smallest absolute Gasteiger partial charge is 0.311 e. The van der Waals surface area contributed by atoms with Gasteiger partial charge in [-0.2, -0.15) is 5.26 Å². The van der Waals surface area contributed by atoms with Gasteiger partial charge in [0.15, 0.2) is 5.75 Å². The number of nitrogens with two attached hydrogens (primary N) is 1. The van der Waals surface area contributed by atoms with E-state index in [-0.39, 0.29) is 18.0 Å². The van der Waals surface area contributed by atoms with Crippen molar-refractivity contribution in [2.45, 2.75) is 13.0 Å². The summed E-state index contributed by atoms with van der Waals surface area (Å²) in [6, 6.07) is 5.61. The third kappa shape index (κ3) is 2.68. The third-order valence-electron chi connectivity index (χ3n) is 1.96. The standard InChI is InChI=1S/C10H11N3O3/c1-7-3-2-4-9(13(14)15)10(7)16-6-8(12)5-11/h2-4,8H,6,12H2,1H3. The molecule has 0 aromatic heterocycles. The van der Waals surface area contributed by atoms with Crippen LogP contribution in [0, 0.1) is 28.4 Å². The predicted octanol–water partition coefficient (Wildman–Crippen LogP) is 1.13. The molecule has 84 valence electrons. The lowest BCUT2D eigenvalue weighted by Gasteiger charge is -2.09. The van der Waals surface area contributed by atoms with Crippen molar-refractivity contribution in [3.63, 3.8) is 0 Å². The van der Waals surface area contributed by atoms with Crippen LogP contribution in [0.1, 0.15) is 5.56 Å². The Morgan fingerprint density at radius 1 is 1.69 bits per heavy atom. The van der Waals surface area contributed by atoms with Crippen molar-refractivity contribution < 1.29 is 9.66 Å². The summed E-state index contributed by atoms with van der Waals surface area (Å²) in [6.07, 6.45) is 0. The number of benzene rings is 1. The Kier molecular flexibility index (Phi) is 3.80. The molecule has 0 radical (unpaired) electrons. The zero-order chi connectivity index (χ0) is 12.1. The van der Waals surface area contributed by atoms with Gasteiger partial charge >= 0.3 is 5.69 Å². The van der Waals surface area contributed by atoms with E-state index < -0.39 is 11.0 Å². The van der Waals surface area contributed by atoms with E-state index in [1.54, 1.807) is 25.1 Å². The predicted molar refractivity (Wildman–Crippen MR) is 56.9 cm³/mol. The zero-order valence-electron chi connectivity index (χ0n) is 8.71. The number of nitro groups is 1. The molecule has 0 saturated carbocycles. The first kappa shape index (κ1) is 11.9. The van der Waals surface area contributed by atoms with E-state index >= 15 is 0 Å². The maximum Gasteiger partial charge on any atom is 0.311 e. The molecule has 1 unspecified atom stereocenters. The lowest BCUT2D eigenvalue weighted by molar-refractivity contribution is -0.385. The number of hydrogen-bond donors (Lipinski definition) is 1. The second-order valence-electron chi connectivity index (χ2n) is 3.23. The first-order valence-electron chi connectivity index (χ1n) is 4.58. The molecule has 1 rings (SSSR count). The van der Waals surface area contributed by atoms with Gasteiger partial charge in [-0.3, -0.25) is 10.1 Å². The molecule has 1 atom stereocenters. The van der Waals surface area contributed by atoms with Crippen molar-refractivity contribution in [1.29, 1.82) is 5.26 Å². The average Bonchev–Trinajstić information content (AvgIpc) is 2.26. The van der Waals surface area contributed by atoms with Crippen LogP contribution in [0.5, 0.6) is 5.75 Å². The second-order valence-corrected chi connectivity index (χ2v) is 3.23. The Bertz CT molecular complexity index is 439. The van der Waals surface area contributed by atoms with Gasteiger partial charge < -0.3 is 10.5 Å². The van der Waals surface area contributed by atoms with Gasteiger partial charge in [0.05, 0.1) is 11.0 Å². The number of para-hydroxylation sites is 1. The lowest BCUT2D eigenvalue weighted by Crippen LogP contribution is -2.26. The number of nitriles is 1. The molecule has 6 nitrogen and oxygen atoms in total. The number of ether oxygens (including phenoxy) is 1. The van der Waals surface area contributed by atoms with E-state index in [1.807, 2.05) is 0 Å². The van der Waals surface area contributed by atoms with Crippen molar-refractivity contribution >= 4 is 5.69 Å². The maximum absolute atomic E-state index is 10.7. The summed E-state index contributed by atoms with van der Waals surface area (Å²) in [5, 5.41) is 19.2. The summed E-state index contributed by atoms with van der Waals surface area (Å²) in [6.45, 7) is 1.63. The molecule has 1 aromatic rings. The number of rotatable bonds is 4. The fraction of sp³-hybridized carbons (Fsp3) is 0.300. The van der Waals surface area contributed by atoms with Crippen molar-refractivity contribution in [1.82, 2.24) is 0 Å². The molecule has 0 aliphatic rings. The summed E-state index contributed by atoms with van der Waals surface area (Å²) in [7, 11) is 0. The minimum Gasteiger partial charge on any atom is -0.484 e. The van der Waals surface area contributed by atoms with E-state index in [0.717, 1.165) is 0 Å². The molecule has 1 aromatic carbocycles. The van der Waals surface area contributed by atoms with Gasteiger partial charge in [0, 0.05) is 6.07 Å². The Hall–Kier alpha value is -2.13. The van der Waals surface area contributed by atoms with Crippen LogP contribution in [0.25, 0.3) is 0 Å². The van der Waals surface area contributed by atoms with Crippen LogP contribution in [0.3, 0.4) is 0 Å². The maximum atomic E-state index is 10.7. The van der Waals surface area contributed by atoms with Crippen LogP contribution in [0.15, 0.2) is 18.2 Å². The van der Waals surface area contributed by atoms with Crippen LogP contribution in [0.4, 0.5) is 5.69 Å². The van der Waals surface area contributed by atoms with Crippen LogP contribution in [-0.4, -0.2) is 17.6 Å². The molecule has 0 bridgehead atoms. The van der Waals surface area contributed by atoms with E-state index in [9.17, 15) is 10.1 Å². The van der Waals surface area contributed by atoms with Gasteiger partial charge in [0.25, 0.3) is 0 Å². The molecular weight excluding hydrogens is 210 g/mol. The van der Waals surface area contributed by atoms with Crippen LogP contribution < -0.4 is 10.5 Å². The van der Waals surface area contributed by atoms with Gasteiger partial charge in [0.2, 0.25) is 0 Å². The molecule has 0 amide bonds. The molecule has 0 aliphatic carbocycles. The molecule has 6 heteroatoms. The fourth-order valence-corrected chi connectivity index (χ4v) is 1.18. The van der Waals surface area contributed by atoms with Crippen LogP contribution >= 0.6 is 0 Å². The highest BCUT2D eigenvalue weighted by Crippen LogP contribution is 2.30. The molecule has 16 heavy (non-hydrogen) atoms. The Labute approximate surface area is 92.4 Å². The van der Waals surface area contributed by atoms with E-state index in [0.29, 0.717) is 5.56 Å². The normalized spacial score (nSPS) is 11.6. The van der Waals surface area contributed by atoms with Gasteiger partial charge in [0.1, 0.15) is 12.6 Å². The lowest BCUT2D eigenvalue weighted by atomic mass is 10.2. The van der Waals surface area contributed by atoms with Crippen molar-refractivity contribution in [2.75, 3.05) is 6.61 Å². The Morgan fingerprint density at radius 2 is 2.38 bits per heavy atom. The van der Waals surface area contributed by atoms with Gasteiger partial charge in [-0.15, -0.1) is 0 Å². The summed E-state index contributed by atoms with van der Waals surface area (Å²) in [4.78, 5) is 10.2. The first-order chi connectivity index (χ1) is 7.56. The number of nitrogens with zero attached hydrogens (tertiary/aromatic N) is 2. The highest BCUT2D eigenvalue weighted by atomic mass is 16.6. The van der Waals surface area contributed by atoms with E-state index in [4.69, 9.17) is 15.7 Å². The molecule has 0 spiro atoms. The largest absolute Gasteiger partial charge is 0.484 e. The summed E-state index contributed by atoms with van der Waals surface area (Å²) < 4.78 is 5.19. The monoisotopic (exact) mass is 221 g/mol. The molecular formula is C10H11N3O3. The van der Waals surface area contributed by atoms with E-state index in [2.05, 4.69) is 0 Å². The van der Waals surface area contributed by atoms with Crippen molar-refractivity contribution in [3.05, 3.63) is 33.9 Å². The van der Waals surface area contributed by atoms with Gasteiger partial charge in [-0.1, -0.05) is 12.1 Å². The SMILES string of the molecule is Cc1cccc([N+](=O)[O-])c1OCC(N)C#N. The van der Waals surface area contributed by atoms with Gasteiger partial charge in [-0.25, -0.2) is 0 Å². The molecule has 0 aliphatic heterocycles. The first-order valence-corrected chi connectivity index (χ1v) is 4.58. The minimum absolute atomic E-state index is 0.0673. The molecule has 0 fully saturated rings. The Balaban J connectivity index is 2.94. The average molecular weight is 221 g/mol. The fourth-order valence-electron chi connectivity index (χ4n) is 1.18. The highest BCUT2D eigenvalue weighted by molar-refractivity contribution is 5.51. The molecule has 0 saturated heterocycles. The summed E-state index contributed by atoms with van der Waals surface area (Å²) >= 11 is 0. The topological polar surface area (TPSA) is 102 Å². The highest BCUT2D eigenvalue weighted by Gasteiger charge is 2.17. The van der Waals surface area contributed by atoms with Crippen molar-refractivity contribution in [3.8, 4) is 11.8 Å². The summed E-state index contributed by atoms with van der Waals surface area (Å²) in [5.41, 5.74) is 5.86. The Morgan fingerprint density at radius 3 is 2.94 bits per heavy atom. The van der Waals surface area contributed by atoms with Crippen LogP contribution in [0.2, 0.25) is 0 Å². The molecule has 0 heterocycles. The zero-order valence-corrected chi connectivity index (χ0v) is 8.71. The van der Waals surface area contributed by atoms with Gasteiger partial charge in [-0.05, 0) is 12.5 Å². The number of nitro benzene ring substituents is 1. The second kappa shape index (κ2) is 5.09. The number of hydrogen-bond acceptors (Lipinski definition) is 5. The quantitative estimate of drug-likeness (QED) is 0.606. The van der Waals surface area contributed by atoms with Crippen LogP contribution in [-0.2, 0) is 0 Å². The minimum atomic E-state index is -0.792. The third-order valence-corrected chi connectivity index (χ3v) is 1.96. The molecule has 2 N–H and O–H groups in total. The van der Waals surface area contributed by atoms with E-state index in [1.165, 1.54) is 6.07 Å². The van der Waals surface area contributed by atoms with Crippen molar-refractivity contribution in [2.24, 2.45) is 5.73 Å². The number of aryl methyl sites for hydroxylation is 1. The summed E-state index contributed by atoms with van der Waals surface area (Å²) in [5.74, 6) is 0.165.